The average molecular weight is 241 g/mol. The molecule has 0 radical (unpaired) electrons. The number of primary amides is 1. The van der Waals surface area contributed by atoms with Gasteiger partial charge in [0.05, 0.1) is 12.1 Å². The van der Waals surface area contributed by atoms with Gasteiger partial charge >= 0.3 is 6.18 Å². The van der Waals surface area contributed by atoms with Crippen molar-refractivity contribution in [3.05, 3.63) is 0 Å². The van der Waals surface area contributed by atoms with Gasteiger partial charge in [0.25, 0.3) is 0 Å². The summed E-state index contributed by atoms with van der Waals surface area (Å²) >= 11 is 0. The van der Waals surface area contributed by atoms with Gasteiger partial charge in [0, 0.05) is 0 Å². The number of hydrogen-bond donors (Lipinski definition) is 2. The average Bonchev–Trinajstić information content (AvgIpc) is 1.99. The van der Waals surface area contributed by atoms with Crippen LogP contribution in [0.3, 0.4) is 0 Å². The van der Waals surface area contributed by atoms with Crippen LogP contribution in [-0.2, 0) is 4.79 Å². The zero-order chi connectivity index (χ0) is 13.0. The summed E-state index contributed by atoms with van der Waals surface area (Å²) in [4.78, 5) is 12.0. The third-order valence-electron chi connectivity index (χ3n) is 2.25. The zero-order valence-electron chi connectivity index (χ0n) is 9.47. The minimum Gasteiger partial charge on any atom is -0.368 e. The number of halogens is 3. The Kier molecular flexibility index (Phi) is 5.21. The van der Waals surface area contributed by atoms with Crippen LogP contribution < -0.4 is 11.5 Å². The third kappa shape index (κ3) is 6.62. The van der Waals surface area contributed by atoms with Crippen molar-refractivity contribution in [3.8, 4) is 0 Å². The van der Waals surface area contributed by atoms with Crippen LogP contribution in [0.25, 0.3) is 0 Å². The molecule has 0 aliphatic rings. The first-order chi connectivity index (χ1) is 7.04. The number of nitrogens with two attached hydrogens (primary N) is 2. The summed E-state index contributed by atoms with van der Waals surface area (Å²) < 4.78 is 35.9. The van der Waals surface area contributed by atoms with E-state index in [0.29, 0.717) is 6.42 Å². The van der Waals surface area contributed by atoms with E-state index in [1.807, 2.05) is 0 Å². The second kappa shape index (κ2) is 5.49. The molecule has 16 heavy (non-hydrogen) atoms. The summed E-state index contributed by atoms with van der Waals surface area (Å²) in [6.45, 7) is 0.726. The molecule has 0 rings (SSSR count). The fourth-order valence-electron chi connectivity index (χ4n) is 1.22. The Bertz CT molecular complexity index is 241. The number of alkyl halides is 3. The van der Waals surface area contributed by atoms with Crippen LogP contribution >= 0.6 is 0 Å². The van der Waals surface area contributed by atoms with Crippen molar-refractivity contribution in [3.63, 3.8) is 0 Å². The highest BCUT2D eigenvalue weighted by Gasteiger charge is 2.29. The van der Waals surface area contributed by atoms with Crippen LogP contribution in [0.5, 0.6) is 0 Å². The summed E-state index contributed by atoms with van der Waals surface area (Å²) in [6.07, 6.45) is -3.54. The highest BCUT2D eigenvalue weighted by molar-refractivity contribution is 5.83. The molecule has 0 bridgehead atoms. The van der Waals surface area contributed by atoms with E-state index in [-0.39, 0.29) is 13.0 Å². The Morgan fingerprint density at radius 3 is 2.25 bits per heavy atom. The number of rotatable bonds is 6. The summed E-state index contributed by atoms with van der Waals surface area (Å²) in [5.74, 6) is -0.647. The molecule has 0 aliphatic carbocycles. The monoisotopic (exact) mass is 241 g/mol. The van der Waals surface area contributed by atoms with Crippen molar-refractivity contribution in [2.24, 2.45) is 11.5 Å². The smallest absolute Gasteiger partial charge is 0.368 e. The lowest BCUT2D eigenvalue weighted by Crippen LogP contribution is -2.49. The maximum Gasteiger partial charge on any atom is 0.401 e. The molecule has 1 atom stereocenters. The van der Waals surface area contributed by atoms with E-state index < -0.39 is 24.2 Å². The van der Waals surface area contributed by atoms with Crippen LogP contribution in [0.2, 0.25) is 0 Å². The van der Waals surface area contributed by atoms with Crippen LogP contribution in [0.15, 0.2) is 0 Å². The fourth-order valence-corrected chi connectivity index (χ4v) is 1.22. The lowest BCUT2D eigenvalue weighted by Gasteiger charge is -2.23. The van der Waals surface area contributed by atoms with E-state index in [1.54, 1.807) is 0 Å². The molecule has 0 spiro atoms. The molecular formula is C9H18F3N3O. The van der Waals surface area contributed by atoms with Crippen molar-refractivity contribution < 1.29 is 18.0 Å². The maximum atomic E-state index is 12.0. The van der Waals surface area contributed by atoms with Crippen LogP contribution in [0.4, 0.5) is 13.2 Å². The molecule has 4 nitrogen and oxygen atoms in total. The molecule has 1 amide bonds. The van der Waals surface area contributed by atoms with Gasteiger partial charge < -0.3 is 11.5 Å². The van der Waals surface area contributed by atoms with Gasteiger partial charge in [-0.2, -0.15) is 13.2 Å². The standard InChI is InChI=1S/C9H18F3N3O/c1-8(14,7(13)16)4-3-5-15(2)6-9(10,11)12/h3-6,14H2,1-2H3,(H2,13,16). The number of amides is 1. The molecule has 1 unspecified atom stereocenters. The van der Waals surface area contributed by atoms with Gasteiger partial charge in [0.15, 0.2) is 0 Å². The van der Waals surface area contributed by atoms with Crippen LogP contribution in [0, 0.1) is 0 Å². The van der Waals surface area contributed by atoms with E-state index in [4.69, 9.17) is 11.5 Å². The van der Waals surface area contributed by atoms with Crippen molar-refractivity contribution in [2.75, 3.05) is 20.1 Å². The van der Waals surface area contributed by atoms with Crippen LogP contribution in [0.1, 0.15) is 19.8 Å². The Labute approximate surface area is 92.8 Å². The third-order valence-corrected chi connectivity index (χ3v) is 2.25. The molecule has 0 aromatic carbocycles. The second-order valence-electron chi connectivity index (χ2n) is 4.24. The minimum atomic E-state index is -4.20. The molecule has 0 fully saturated rings. The molecule has 0 aromatic heterocycles. The highest BCUT2D eigenvalue weighted by Crippen LogP contribution is 2.16. The van der Waals surface area contributed by atoms with Gasteiger partial charge in [0.1, 0.15) is 0 Å². The molecular weight excluding hydrogens is 223 g/mol. The molecule has 0 aromatic rings. The summed E-state index contributed by atoms with van der Waals surface area (Å²) in [5.41, 5.74) is 9.44. The minimum absolute atomic E-state index is 0.222. The first-order valence-corrected chi connectivity index (χ1v) is 4.89. The number of hydrogen-bond acceptors (Lipinski definition) is 3. The SMILES string of the molecule is CN(CCCC(C)(N)C(N)=O)CC(F)(F)F. The molecule has 7 heteroatoms. The Morgan fingerprint density at radius 1 is 1.38 bits per heavy atom. The number of carbonyl (C=O) groups is 1. The van der Waals surface area contributed by atoms with Gasteiger partial charge in [0.2, 0.25) is 5.91 Å². The first-order valence-electron chi connectivity index (χ1n) is 4.89. The molecule has 4 N–H and O–H groups in total. The van der Waals surface area contributed by atoms with Crippen molar-refractivity contribution >= 4 is 5.91 Å². The predicted molar refractivity (Wildman–Crippen MR) is 54.6 cm³/mol. The normalized spacial score (nSPS) is 16.2. The van der Waals surface area contributed by atoms with E-state index in [1.165, 1.54) is 14.0 Å². The van der Waals surface area contributed by atoms with E-state index >= 15 is 0 Å². The number of nitrogens with zero attached hydrogens (tertiary/aromatic N) is 1. The van der Waals surface area contributed by atoms with E-state index in [9.17, 15) is 18.0 Å². The van der Waals surface area contributed by atoms with Crippen molar-refractivity contribution in [2.45, 2.75) is 31.5 Å². The molecule has 0 heterocycles. The Hall–Kier alpha value is -0.820. The Morgan fingerprint density at radius 2 is 1.88 bits per heavy atom. The van der Waals surface area contributed by atoms with Gasteiger partial charge in [-0.25, -0.2) is 0 Å². The fraction of sp³-hybridized carbons (Fsp3) is 0.889. The lowest BCUT2D eigenvalue weighted by molar-refractivity contribution is -0.143. The summed E-state index contributed by atoms with van der Waals surface area (Å²) in [5, 5.41) is 0. The molecule has 0 aliphatic heterocycles. The maximum absolute atomic E-state index is 12.0. The molecule has 0 saturated heterocycles. The van der Waals surface area contributed by atoms with Gasteiger partial charge in [-0.3, -0.25) is 9.69 Å². The number of carbonyl (C=O) groups excluding carboxylic acids is 1. The quantitative estimate of drug-likeness (QED) is 0.709. The second-order valence-corrected chi connectivity index (χ2v) is 4.24. The van der Waals surface area contributed by atoms with Crippen LogP contribution in [-0.4, -0.2) is 42.7 Å². The summed E-state index contributed by atoms with van der Waals surface area (Å²) in [7, 11) is 1.37. The topological polar surface area (TPSA) is 72.3 Å². The van der Waals surface area contributed by atoms with Gasteiger partial charge in [-0.1, -0.05) is 0 Å². The molecule has 96 valence electrons. The Balaban J connectivity index is 3.87. The van der Waals surface area contributed by atoms with Crippen molar-refractivity contribution in [1.29, 1.82) is 0 Å². The zero-order valence-corrected chi connectivity index (χ0v) is 9.47. The summed E-state index contributed by atoms with van der Waals surface area (Å²) in [6, 6.07) is 0. The highest BCUT2D eigenvalue weighted by atomic mass is 19.4. The largest absolute Gasteiger partial charge is 0.401 e. The first kappa shape index (κ1) is 15.2. The molecule has 0 saturated carbocycles. The van der Waals surface area contributed by atoms with E-state index in [0.717, 1.165) is 4.90 Å². The predicted octanol–water partition coefficient (Wildman–Crippen LogP) is 0.463. The van der Waals surface area contributed by atoms with Crippen molar-refractivity contribution in [1.82, 2.24) is 4.90 Å². The van der Waals surface area contributed by atoms with E-state index in [2.05, 4.69) is 0 Å². The van der Waals surface area contributed by atoms with Gasteiger partial charge in [-0.15, -0.1) is 0 Å². The van der Waals surface area contributed by atoms with Gasteiger partial charge in [-0.05, 0) is 33.4 Å². The lowest BCUT2D eigenvalue weighted by atomic mass is 9.96.